The van der Waals surface area contributed by atoms with Gasteiger partial charge in [-0.15, -0.1) is 0 Å². The van der Waals surface area contributed by atoms with Gasteiger partial charge in [-0.1, -0.05) is 0 Å². The summed E-state index contributed by atoms with van der Waals surface area (Å²) in [5.74, 6) is 0. The average molecular weight is 98.5 g/mol. The molecule has 1 N–H and O–H groups in total. The Balaban J connectivity index is 3.48. The van der Waals surface area contributed by atoms with Crippen LogP contribution in [-0.4, -0.2) is 26.6 Å². The van der Waals surface area contributed by atoms with E-state index in [9.17, 15) is 0 Å². The van der Waals surface area contributed by atoms with Crippen molar-refractivity contribution in [2.75, 3.05) is 0 Å². The van der Waals surface area contributed by atoms with Crippen LogP contribution in [0.1, 0.15) is 0 Å². The maximum absolute atomic E-state index is 7.88. The van der Waals surface area contributed by atoms with E-state index in [1.807, 2.05) is 0 Å². The van der Waals surface area contributed by atoms with Crippen molar-refractivity contribution in [2.24, 2.45) is 4.81 Å². The van der Waals surface area contributed by atoms with Crippen LogP contribution in [0.4, 0.5) is 0 Å². The zero-order chi connectivity index (χ0) is 5.54. The number of hydrogen-bond acceptors (Lipinski definition) is 0. The van der Waals surface area contributed by atoms with Gasteiger partial charge in [-0.3, -0.25) is 0 Å². The summed E-state index contributed by atoms with van der Waals surface area (Å²) in [6, 6.07) is 0. The van der Waals surface area contributed by atoms with Gasteiger partial charge in [0.15, 0.2) is 0 Å². The molecule has 0 aromatic heterocycles. The minimum absolute atomic E-state index is 0.677. The second-order valence-corrected chi connectivity index (χ2v) is 0.989. The van der Waals surface area contributed by atoms with Gasteiger partial charge in [0.1, 0.15) is 0 Å². The molecule has 0 saturated heterocycles. The third kappa shape index (κ3) is 4.01. The molecular weight excluding hydrogens is 94.5 g/mol. The zero-order valence-electron chi connectivity index (χ0n) is 4.03. The summed E-state index contributed by atoms with van der Waals surface area (Å²) in [5, 5.41) is 7.88. The topological polar surface area (TPSA) is 32.6 Å². The van der Waals surface area contributed by atoms with Crippen molar-refractivity contribution in [3.05, 3.63) is 0 Å². The molecule has 0 aromatic carbocycles. The van der Waals surface area contributed by atoms with Gasteiger partial charge in [-0.25, -0.2) is 0 Å². The number of nitrogens with zero attached hydrogens (tertiary/aromatic N) is 1. The summed E-state index contributed by atoms with van der Waals surface area (Å²) < 4.78 is 6.43. The normalized spacial score (nSPS) is 7.67. The van der Waals surface area contributed by atoms with E-state index in [-0.39, 0.29) is 0 Å². The van der Waals surface area contributed by atoms with E-state index >= 15 is 0 Å². The van der Waals surface area contributed by atoms with E-state index in [4.69, 9.17) is 6.36 Å². The van der Waals surface area contributed by atoms with E-state index < -0.39 is 0 Å². The first-order chi connectivity index (χ1) is 3.41. The third-order valence-electron chi connectivity index (χ3n) is 0.188. The molecule has 0 amide bonds. The van der Waals surface area contributed by atoms with E-state index in [2.05, 4.69) is 4.81 Å². The fourth-order valence-electron chi connectivity index (χ4n) is 0.0624. The van der Waals surface area contributed by atoms with Crippen LogP contribution in [0.25, 0.3) is 0 Å². The Morgan fingerprint density at radius 2 is 3.00 bits per heavy atom. The third-order valence-corrected chi connectivity index (χ3v) is 0.432. The molecule has 0 fully saturated rings. The monoisotopic (exact) mass is 99.0 g/mol. The molecule has 0 aliphatic heterocycles. The summed E-state index contributed by atoms with van der Waals surface area (Å²) in [4.78, 5) is 3.28. The van der Waals surface area contributed by atoms with Crippen LogP contribution in [-0.2, 0) is 0 Å². The summed E-state index contributed by atoms with van der Waals surface area (Å²) in [7, 11) is 1.77. The molecule has 0 unspecified atom stereocenters. The molecular formula is H2B3NOS. The molecule has 0 aliphatic rings. The first-order valence-electron chi connectivity index (χ1n) is 1.82. The van der Waals surface area contributed by atoms with Crippen LogP contribution in [0.3, 0.4) is 0 Å². The second-order valence-electron chi connectivity index (χ2n) is 0.506. The van der Waals surface area contributed by atoms with Gasteiger partial charge in [-0.2, -0.15) is 0 Å². The summed E-state index contributed by atoms with van der Waals surface area (Å²) in [5.41, 5.74) is 0. The molecule has 0 rings (SSSR count). The predicted octanol–water partition coefficient (Wildman–Crippen LogP) is -1.14. The Morgan fingerprint density at radius 1 is 2.17 bits per heavy atom. The van der Waals surface area contributed by atoms with Crippen LogP contribution < -0.4 is 0 Å². The van der Waals surface area contributed by atoms with Gasteiger partial charge in [0.05, 0.1) is 0 Å². The summed E-state index contributed by atoms with van der Waals surface area (Å²) in [6.45, 7) is 1.12. The van der Waals surface area contributed by atoms with Crippen LogP contribution in [0.5, 0.6) is 0 Å². The van der Waals surface area contributed by atoms with Gasteiger partial charge in [0, 0.05) is 0 Å². The number of rotatable bonds is 1. The second kappa shape index (κ2) is 5.01. The molecule has 0 radical (unpaired) electrons. The Labute approximate surface area is 42.9 Å². The van der Waals surface area contributed by atoms with Crippen LogP contribution in [0.2, 0.25) is 0 Å². The summed E-state index contributed by atoms with van der Waals surface area (Å²) in [6.07, 6.45) is 1.35. The molecule has 6 heavy (non-hydrogen) atoms. The van der Waals surface area contributed by atoms with Crippen LogP contribution >= 0.6 is 10.6 Å². The molecule has 0 aliphatic carbocycles. The molecule has 6 heteroatoms. The van der Waals surface area contributed by atoms with Gasteiger partial charge >= 0.3 is 42.0 Å². The fourth-order valence-corrected chi connectivity index (χ4v) is 0.187. The minimum atomic E-state index is 0.677. The zero-order valence-corrected chi connectivity index (χ0v) is 3.85. The van der Waals surface area contributed by atoms with Gasteiger partial charge in [0.2, 0.25) is 0 Å². The molecule has 2 nitrogen and oxygen atoms in total. The number of hydrogen-bond donors (Lipinski definition) is 1. The fraction of sp³-hybridized carbons (Fsp3) is 0. The van der Waals surface area contributed by atoms with Crippen molar-refractivity contribution in [3.63, 3.8) is 0 Å². The Morgan fingerprint density at radius 3 is 3.50 bits per heavy atom. The Kier molecular flexibility index (Phi) is 3.49. The van der Waals surface area contributed by atoms with Gasteiger partial charge < -0.3 is 0 Å². The van der Waals surface area contributed by atoms with Crippen molar-refractivity contribution in [3.8, 4) is 0 Å². The summed E-state index contributed by atoms with van der Waals surface area (Å²) >= 11 is 0. The van der Waals surface area contributed by atoms with Crippen molar-refractivity contribution in [1.29, 1.82) is 1.34 Å². The maximum atomic E-state index is 7.88. The SMILES string of the molecule is [3H]B=S=B/N=B/O. The van der Waals surface area contributed by atoms with Gasteiger partial charge in [0.25, 0.3) is 0 Å². The first kappa shape index (κ1) is 4.18. The van der Waals surface area contributed by atoms with Gasteiger partial charge in [-0.05, 0) is 0 Å². The van der Waals surface area contributed by atoms with E-state index in [1.54, 1.807) is 0 Å². The molecule has 0 heterocycles. The van der Waals surface area contributed by atoms with Crippen molar-refractivity contribution in [1.82, 2.24) is 0 Å². The van der Waals surface area contributed by atoms with E-state index in [1.165, 1.54) is 6.29 Å². The quantitative estimate of drug-likeness (QED) is 0.414. The molecule has 0 spiro atoms. The molecule has 0 aromatic rings. The van der Waals surface area contributed by atoms with Crippen LogP contribution in [0.15, 0.2) is 4.81 Å². The Hall–Kier alpha value is 0.0148. The molecule has 28 valence electrons. The van der Waals surface area contributed by atoms with Crippen molar-refractivity contribution in [2.45, 2.75) is 0 Å². The standard InChI is InChI=1S/B3H2NOS/c1-6-3-4-2-5/h1,5H/i1T. The van der Waals surface area contributed by atoms with Crippen LogP contribution in [0, 0.1) is 0 Å². The first-order valence-corrected chi connectivity index (χ1v) is 2.19. The average Bonchev–Trinajstić information content (AvgIpc) is 1.69. The molecule has 0 saturated carbocycles. The van der Waals surface area contributed by atoms with E-state index in [0.29, 0.717) is 7.27 Å². The van der Waals surface area contributed by atoms with E-state index in [0.717, 1.165) is 17.3 Å². The van der Waals surface area contributed by atoms with Crippen molar-refractivity contribution >= 4 is 30.9 Å². The van der Waals surface area contributed by atoms with Crippen molar-refractivity contribution < 1.29 is 5.02 Å². The Bertz CT molecular complexity index is 116. The molecule has 0 atom stereocenters. The predicted molar refractivity (Wildman–Crippen MR) is 30.9 cm³/mol. The molecule has 0 bridgehead atoms.